The highest BCUT2D eigenvalue weighted by atomic mass is 32.2. The first-order valence-electron chi connectivity index (χ1n) is 4.66. The molecule has 0 aliphatic carbocycles. The minimum absolute atomic E-state index is 0.0186. The van der Waals surface area contributed by atoms with Crippen molar-refractivity contribution in [2.45, 2.75) is 25.6 Å². The van der Waals surface area contributed by atoms with E-state index in [0.717, 1.165) is 9.75 Å². The summed E-state index contributed by atoms with van der Waals surface area (Å²) in [6.45, 7) is 3.73. The molecule has 4 nitrogen and oxygen atoms in total. The molecule has 3 N–H and O–H groups in total. The minimum Gasteiger partial charge on any atom is -0.392 e. The second-order valence-electron chi connectivity index (χ2n) is 3.42. The highest BCUT2D eigenvalue weighted by Gasteiger charge is 2.22. The second kappa shape index (κ2) is 5.22. The fourth-order valence-corrected chi connectivity index (χ4v) is 3.24. The standard InChI is InChI=1S/C9H14N2O2S3/c1-6-3-4-8(15-6)5-11-16(12,13)7(2)9(10)14/h3-4,7,11H,5H2,1-2H3,(H2,10,14). The monoisotopic (exact) mass is 278 g/mol. The maximum Gasteiger partial charge on any atom is 0.221 e. The molecule has 0 aromatic carbocycles. The molecule has 0 aliphatic heterocycles. The van der Waals surface area contributed by atoms with E-state index >= 15 is 0 Å². The van der Waals surface area contributed by atoms with Gasteiger partial charge in [-0.2, -0.15) is 0 Å². The molecule has 1 unspecified atom stereocenters. The van der Waals surface area contributed by atoms with Gasteiger partial charge < -0.3 is 5.73 Å². The molecule has 7 heteroatoms. The largest absolute Gasteiger partial charge is 0.392 e. The third-order valence-corrected chi connectivity index (χ3v) is 5.34. The maximum atomic E-state index is 11.7. The Kier molecular flexibility index (Phi) is 4.43. The van der Waals surface area contributed by atoms with Gasteiger partial charge in [0.05, 0.1) is 4.99 Å². The first-order valence-corrected chi connectivity index (χ1v) is 7.43. The Morgan fingerprint density at radius 3 is 2.69 bits per heavy atom. The molecule has 0 saturated heterocycles. The summed E-state index contributed by atoms with van der Waals surface area (Å²) in [6, 6.07) is 3.85. The summed E-state index contributed by atoms with van der Waals surface area (Å²) in [7, 11) is -3.46. The van der Waals surface area contributed by atoms with E-state index < -0.39 is 15.3 Å². The summed E-state index contributed by atoms with van der Waals surface area (Å²) < 4.78 is 25.8. The van der Waals surface area contributed by atoms with Gasteiger partial charge in [-0.05, 0) is 26.0 Å². The van der Waals surface area contributed by atoms with Crippen LogP contribution in [0.1, 0.15) is 16.7 Å². The number of sulfonamides is 1. The number of rotatable bonds is 5. The molecule has 0 amide bonds. The van der Waals surface area contributed by atoms with Gasteiger partial charge in [0.2, 0.25) is 10.0 Å². The van der Waals surface area contributed by atoms with Crippen molar-refractivity contribution in [3.8, 4) is 0 Å². The molecule has 90 valence electrons. The summed E-state index contributed by atoms with van der Waals surface area (Å²) >= 11 is 6.22. The zero-order valence-electron chi connectivity index (χ0n) is 9.06. The molecule has 1 atom stereocenters. The molecule has 1 aromatic rings. The Balaban J connectivity index is 2.65. The average Bonchev–Trinajstić information content (AvgIpc) is 2.60. The van der Waals surface area contributed by atoms with Gasteiger partial charge in [-0.1, -0.05) is 12.2 Å². The van der Waals surface area contributed by atoms with Crippen molar-refractivity contribution in [3.63, 3.8) is 0 Å². The van der Waals surface area contributed by atoms with Gasteiger partial charge in [0.15, 0.2) is 0 Å². The number of aryl methyl sites for hydroxylation is 1. The third kappa shape index (κ3) is 3.51. The first-order chi connectivity index (χ1) is 7.33. The van der Waals surface area contributed by atoms with Gasteiger partial charge in [-0.3, -0.25) is 0 Å². The zero-order chi connectivity index (χ0) is 12.3. The normalized spacial score (nSPS) is 13.6. The van der Waals surface area contributed by atoms with Crippen molar-refractivity contribution in [1.29, 1.82) is 0 Å². The van der Waals surface area contributed by atoms with Crippen molar-refractivity contribution in [2.75, 3.05) is 0 Å². The Hall–Kier alpha value is -0.500. The first kappa shape index (κ1) is 13.6. The van der Waals surface area contributed by atoms with E-state index in [2.05, 4.69) is 16.9 Å². The lowest BCUT2D eigenvalue weighted by Crippen LogP contribution is -2.39. The Morgan fingerprint density at radius 1 is 1.62 bits per heavy atom. The van der Waals surface area contributed by atoms with Crippen LogP contribution >= 0.6 is 23.6 Å². The van der Waals surface area contributed by atoms with Gasteiger partial charge in [0.1, 0.15) is 5.25 Å². The molecule has 16 heavy (non-hydrogen) atoms. The number of thiocarbonyl (C=S) groups is 1. The third-order valence-electron chi connectivity index (χ3n) is 2.11. The summed E-state index contributed by atoms with van der Waals surface area (Å²) in [4.78, 5) is 2.10. The number of hydrogen-bond acceptors (Lipinski definition) is 4. The van der Waals surface area contributed by atoms with Crippen LogP contribution in [0.5, 0.6) is 0 Å². The molecule has 0 fully saturated rings. The number of thiophene rings is 1. The Morgan fingerprint density at radius 2 is 2.25 bits per heavy atom. The molecule has 0 spiro atoms. The number of nitrogens with one attached hydrogen (secondary N) is 1. The van der Waals surface area contributed by atoms with Crippen LogP contribution in [0.15, 0.2) is 12.1 Å². The van der Waals surface area contributed by atoms with E-state index in [4.69, 9.17) is 5.73 Å². The second-order valence-corrected chi connectivity index (χ2v) is 7.35. The lowest BCUT2D eigenvalue weighted by Gasteiger charge is -2.11. The molecule has 0 radical (unpaired) electrons. The van der Waals surface area contributed by atoms with Gasteiger partial charge >= 0.3 is 0 Å². The van der Waals surface area contributed by atoms with Gasteiger partial charge in [0, 0.05) is 16.3 Å². The average molecular weight is 278 g/mol. The Bertz CT molecular complexity index is 479. The van der Waals surface area contributed by atoms with Gasteiger partial charge in [-0.15, -0.1) is 11.3 Å². The van der Waals surface area contributed by atoms with Crippen LogP contribution in [0.25, 0.3) is 0 Å². The predicted molar refractivity (Wildman–Crippen MR) is 71.1 cm³/mol. The van der Waals surface area contributed by atoms with E-state index in [9.17, 15) is 8.42 Å². The predicted octanol–water partition coefficient (Wildman–Crippen LogP) is 1.15. The SMILES string of the molecule is Cc1ccc(CNS(=O)(=O)C(C)C(N)=S)s1. The van der Waals surface area contributed by atoms with Crippen LogP contribution in [0, 0.1) is 6.92 Å². The minimum atomic E-state index is -3.46. The summed E-state index contributed by atoms with van der Waals surface area (Å²) in [6.07, 6.45) is 0. The van der Waals surface area contributed by atoms with Crippen LogP contribution in [0.4, 0.5) is 0 Å². The lowest BCUT2D eigenvalue weighted by molar-refractivity contribution is 0.578. The Labute approximate surface area is 105 Å². The molecule has 1 rings (SSSR count). The molecule has 1 heterocycles. The molecular formula is C9H14N2O2S3. The summed E-state index contributed by atoms with van der Waals surface area (Å²) in [5.41, 5.74) is 5.31. The van der Waals surface area contributed by atoms with Crippen molar-refractivity contribution in [1.82, 2.24) is 4.72 Å². The summed E-state index contributed by atoms with van der Waals surface area (Å²) in [5.74, 6) is 0. The van der Waals surface area contributed by atoms with E-state index in [0.29, 0.717) is 0 Å². The van der Waals surface area contributed by atoms with E-state index in [-0.39, 0.29) is 11.5 Å². The number of hydrogen-bond donors (Lipinski definition) is 2. The van der Waals surface area contributed by atoms with Crippen molar-refractivity contribution < 1.29 is 8.42 Å². The molecule has 1 aromatic heterocycles. The van der Waals surface area contributed by atoms with Gasteiger partial charge in [-0.25, -0.2) is 13.1 Å². The van der Waals surface area contributed by atoms with Crippen LogP contribution in [0.3, 0.4) is 0 Å². The van der Waals surface area contributed by atoms with Crippen LogP contribution in [-0.4, -0.2) is 18.7 Å². The quantitative estimate of drug-likeness (QED) is 0.793. The van der Waals surface area contributed by atoms with E-state index in [1.807, 2.05) is 19.1 Å². The van der Waals surface area contributed by atoms with E-state index in [1.165, 1.54) is 6.92 Å². The fraction of sp³-hybridized carbons (Fsp3) is 0.444. The number of nitrogens with two attached hydrogens (primary N) is 1. The van der Waals surface area contributed by atoms with Crippen LogP contribution in [0.2, 0.25) is 0 Å². The van der Waals surface area contributed by atoms with Crippen molar-refractivity contribution >= 4 is 38.6 Å². The highest BCUT2D eigenvalue weighted by Crippen LogP contribution is 2.15. The fourth-order valence-electron chi connectivity index (χ4n) is 1.03. The zero-order valence-corrected chi connectivity index (χ0v) is 11.5. The maximum absolute atomic E-state index is 11.7. The molecule has 0 aliphatic rings. The van der Waals surface area contributed by atoms with Crippen molar-refractivity contribution in [3.05, 3.63) is 21.9 Å². The van der Waals surface area contributed by atoms with E-state index in [1.54, 1.807) is 11.3 Å². The topological polar surface area (TPSA) is 72.2 Å². The summed E-state index contributed by atoms with van der Waals surface area (Å²) in [5, 5.41) is -0.844. The lowest BCUT2D eigenvalue weighted by atomic mass is 10.4. The molecular weight excluding hydrogens is 264 g/mol. The van der Waals surface area contributed by atoms with Crippen LogP contribution < -0.4 is 10.5 Å². The molecule has 0 bridgehead atoms. The molecule has 0 saturated carbocycles. The van der Waals surface area contributed by atoms with Crippen LogP contribution in [-0.2, 0) is 16.6 Å². The smallest absolute Gasteiger partial charge is 0.221 e. The highest BCUT2D eigenvalue weighted by molar-refractivity contribution is 7.93. The van der Waals surface area contributed by atoms with Gasteiger partial charge in [0.25, 0.3) is 0 Å². The van der Waals surface area contributed by atoms with Crippen molar-refractivity contribution in [2.24, 2.45) is 5.73 Å².